The Balaban J connectivity index is 2.07. The second-order valence-corrected chi connectivity index (χ2v) is 18.0. The van der Waals surface area contributed by atoms with Gasteiger partial charge in [-0.1, -0.05) is 138 Å². The Kier molecular flexibility index (Phi) is 12.1. The highest BCUT2D eigenvalue weighted by Gasteiger charge is 2.47. The van der Waals surface area contributed by atoms with Gasteiger partial charge in [0.05, 0.1) is 20.8 Å². The summed E-state index contributed by atoms with van der Waals surface area (Å²) in [4.78, 5) is 0.976. The van der Waals surface area contributed by atoms with Gasteiger partial charge in [0.15, 0.2) is 0 Å². The Morgan fingerprint density at radius 2 is 0.878 bits per heavy atom. The first-order valence-corrected chi connectivity index (χ1v) is 18.6. The lowest BCUT2D eigenvalue weighted by molar-refractivity contribution is 0.0329. The van der Waals surface area contributed by atoms with Crippen LogP contribution in [0.15, 0.2) is 117 Å². The number of benzene rings is 4. The van der Waals surface area contributed by atoms with E-state index in [1.54, 1.807) is 72.8 Å². The molecule has 4 rings (SSSR count). The van der Waals surface area contributed by atoms with Gasteiger partial charge in [0.2, 0.25) is 0 Å². The summed E-state index contributed by atoms with van der Waals surface area (Å²) in [5, 5.41) is 0.820. The van der Waals surface area contributed by atoms with Gasteiger partial charge in [-0.3, -0.25) is 0 Å². The van der Waals surface area contributed by atoms with Gasteiger partial charge in [-0.2, -0.15) is 17.6 Å². The molecule has 0 aliphatic carbocycles. The summed E-state index contributed by atoms with van der Waals surface area (Å²) >= 11 is 19.5. The first-order valence-electron chi connectivity index (χ1n) is 15.5. The minimum absolute atomic E-state index is 0.326. The van der Waals surface area contributed by atoms with Crippen molar-refractivity contribution in [2.45, 2.75) is 85.8 Å². The normalized spacial score (nSPS) is 14.0. The van der Waals surface area contributed by atoms with Crippen molar-refractivity contribution >= 4 is 66.8 Å². The fourth-order valence-corrected chi connectivity index (χ4v) is 7.39. The minimum atomic E-state index is -3.44. The first-order chi connectivity index (χ1) is 22.5. The molecule has 0 bridgehead atoms. The molecule has 4 aromatic rings. The van der Waals surface area contributed by atoms with Crippen LogP contribution < -0.4 is 0 Å². The lowest BCUT2D eigenvalue weighted by Crippen LogP contribution is -2.29. The van der Waals surface area contributed by atoms with Gasteiger partial charge in [0.25, 0.3) is 11.8 Å². The van der Waals surface area contributed by atoms with Crippen molar-refractivity contribution in [1.82, 2.24) is 0 Å². The molecule has 0 saturated heterocycles. The molecule has 2 unspecified atom stereocenters. The van der Waals surface area contributed by atoms with Crippen molar-refractivity contribution in [2.24, 2.45) is 0 Å². The minimum Gasteiger partial charge on any atom is -0.200 e. The molecule has 0 aliphatic rings. The van der Waals surface area contributed by atoms with Gasteiger partial charge in [0.1, 0.15) is 0 Å². The van der Waals surface area contributed by atoms with Crippen LogP contribution in [-0.4, -0.2) is 11.8 Å². The third-order valence-corrected chi connectivity index (χ3v) is 11.2. The van der Waals surface area contributed by atoms with E-state index in [2.05, 4.69) is 45.0 Å². The lowest BCUT2D eigenvalue weighted by Gasteiger charge is -2.32. The molecule has 0 amide bonds. The van der Waals surface area contributed by atoms with Gasteiger partial charge in [-0.15, -0.1) is 0 Å². The highest BCUT2D eigenvalue weighted by molar-refractivity contribution is 9.12. The van der Waals surface area contributed by atoms with E-state index in [9.17, 15) is 0 Å². The largest absolute Gasteiger partial charge is 0.289 e. The van der Waals surface area contributed by atoms with Crippen molar-refractivity contribution in [3.05, 3.63) is 150 Å². The second-order valence-electron chi connectivity index (χ2n) is 14.1. The average molecular weight is 858 g/mol. The van der Waals surface area contributed by atoms with E-state index in [1.807, 2.05) is 53.7 Å². The maximum atomic E-state index is 16.4. The Morgan fingerprint density at radius 3 is 1.14 bits per heavy atom. The van der Waals surface area contributed by atoms with E-state index >= 15 is 17.6 Å². The fourth-order valence-electron chi connectivity index (χ4n) is 5.58. The van der Waals surface area contributed by atoms with Crippen molar-refractivity contribution in [3.8, 4) is 0 Å². The molecule has 0 N–H and O–H groups in total. The predicted molar refractivity (Wildman–Crippen MR) is 207 cm³/mol. The lowest BCUT2D eigenvalue weighted by atomic mass is 9.80. The van der Waals surface area contributed by atoms with E-state index in [0.29, 0.717) is 42.1 Å². The maximum Gasteiger partial charge on any atom is 0.289 e. The van der Waals surface area contributed by atoms with Crippen molar-refractivity contribution in [2.75, 3.05) is 0 Å². The van der Waals surface area contributed by atoms with Gasteiger partial charge in [-0.05, 0) is 112 Å². The number of alkyl halides is 4. The maximum absolute atomic E-state index is 16.4. The molecule has 4 aromatic carbocycles. The van der Waals surface area contributed by atoms with Gasteiger partial charge < -0.3 is 0 Å². The molecule has 260 valence electrons. The van der Waals surface area contributed by atoms with Crippen LogP contribution in [0.3, 0.4) is 0 Å². The smallest absolute Gasteiger partial charge is 0.200 e. The van der Waals surface area contributed by atoms with Crippen LogP contribution in [0.2, 0.25) is 10.0 Å². The zero-order valence-corrected chi connectivity index (χ0v) is 33.6. The predicted octanol–water partition coefficient (Wildman–Crippen LogP) is 15.1. The Labute approximate surface area is 318 Å². The summed E-state index contributed by atoms with van der Waals surface area (Å²) in [6.07, 6.45) is 0. The van der Waals surface area contributed by atoms with E-state index in [4.69, 9.17) is 23.2 Å². The number of halogens is 8. The Bertz CT molecular complexity index is 1710. The van der Waals surface area contributed by atoms with Crippen LogP contribution in [0.4, 0.5) is 17.6 Å². The summed E-state index contributed by atoms with van der Waals surface area (Å²) in [7, 11) is 0. The Hall–Kier alpha value is -2.03. The second kappa shape index (κ2) is 14.9. The van der Waals surface area contributed by atoms with E-state index in [0.717, 1.165) is 11.1 Å². The molecule has 0 saturated carbocycles. The quantitative estimate of drug-likeness (QED) is 0.143. The summed E-state index contributed by atoms with van der Waals surface area (Å²) in [5.41, 5.74) is 2.24. The molecule has 0 spiro atoms. The van der Waals surface area contributed by atoms with Crippen LogP contribution in [0.5, 0.6) is 0 Å². The van der Waals surface area contributed by atoms with E-state index in [-0.39, 0.29) is 10.8 Å². The van der Waals surface area contributed by atoms with Crippen molar-refractivity contribution in [1.29, 1.82) is 0 Å². The van der Waals surface area contributed by atoms with Crippen LogP contribution in [0.25, 0.3) is 0 Å². The van der Waals surface area contributed by atoms with Gasteiger partial charge in [-0.25, -0.2) is 0 Å². The number of allylic oxidation sites excluding steroid dienone is 2. The fraction of sp³-hybridized carbons (Fsp3) is 0.300. The van der Waals surface area contributed by atoms with Gasteiger partial charge in [0, 0.05) is 19.8 Å². The molecule has 0 heterocycles. The SMILES string of the molecule is C=C(Br)C(F)(F)C(c1ccc(Cl)cc1)c1cc(C(C)(C)C)ccc1Sc1ccc(C(C)(C)C)cc1C(c1ccc(Cl)cc1)C(F)(F)C(=C)Br. The molecule has 49 heavy (non-hydrogen) atoms. The third-order valence-electron chi connectivity index (χ3n) is 8.45. The van der Waals surface area contributed by atoms with E-state index < -0.39 is 32.6 Å². The average Bonchev–Trinajstić information content (AvgIpc) is 2.99. The molecule has 9 heteroatoms. The molecule has 0 aliphatic heterocycles. The standard InChI is InChI=1S/C40H38Br2Cl2F4S/c1-23(41)39(45,46)35(25-9-15-29(43)16-10-25)31-21-27(37(3,4)5)13-19-33(31)49-34-20-14-28(38(6,7)8)22-32(34)36(40(47,48)24(2)42)26-11-17-30(44)18-12-26/h9-22,35-36H,1-2H2,3-8H3. The summed E-state index contributed by atoms with van der Waals surface area (Å²) < 4.78 is 64.7. The highest BCUT2D eigenvalue weighted by Crippen LogP contribution is 2.53. The summed E-state index contributed by atoms with van der Waals surface area (Å²) in [6.45, 7) is 19.2. The summed E-state index contributed by atoms with van der Waals surface area (Å²) in [6, 6.07) is 23.6. The Morgan fingerprint density at radius 1 is 0.571 bits per heavy atom. The molecule has 0 nitrogen and oxygen atoms in total. The number of hydrogen-bond donors (Lipinski definition) is 0. The topological polar surface area (TPSA) is 0 Å². The number of hydrogen-bond acceptors (Lipinski definition) is 1. The zero-order chi connectivity index (χ0) is 36.7. The molecule has 0 aromatic heterocycles. The molecule has 2 atom stereocenters. The highest BCUT2D eigenvalue weighted by atomic mass is 79.9. The molecular weight excluding hydrogens is 819 g/mol. The van der Waals surface area contributed by atoms with Crippen molar-refractivity contribution < 1.29 is 17.6 Å². The van der Waals surface area contributed by atoms with Crippen LogP contribution >= 0.6 is 66.8 Å². The van der Waals surface area contributed by atoms with E-state index in [1.165, 1.54) is 11.8 Å². The zero-order valence-electron chi connectivity index (χ0n) is 28.1. The third kappa shape index (κ3) is 8.89. The molecule has 0 radical (unpaired) electrons. The first kappa shape index (κ1) is 39.8. The summed E-state index contributed by atoms with van der Waals surface area (Å²) in [5.74, 6) is -9.83. The van der Waals surface area contributed by atoms with Gasteiger partial charge >= 0.3 is 0 Å². The van der Waals surface area contributed by atoms with Crippen molar-refractivity contribution in [3.63, 3.8) is 0 Å². The molecular formula is C40H38Br2Cl2F4S. The van der Waals surface area contributed by atoms with Crippen LogP contribution in [-0.2, 0) is 10.8 Å². The number of rotatable bonds is 10. The van der Waals surface area contributed by atoms with Crippen LogP contribution in [0.1, 0.15) is 86.8 Å². The monoisotopic (exact) mass is 854 g/mol. The molecule has 0 fully saturated rings. The van der Waals surface area contributed by atoms with Crippen LogP contribution in [0, 0.1) is 0 Å².